The first kappa shape index (κ1) is 11.2. The fourth-order valence-electron chi connectivity index (χ4n) is 1.10. The molecule has 0 saturated carbocycles. The highest BCUT2D eigenvalue weighted by atomic mass is 35.5. The molecule has 0 aliphatic rings. The van der Waals surface area contributed by atoms with Gasteiger partial charge in [0.1, 0.15) is 0 Å². The smallest absolute Gasteiger partial charge is 0.0351 e. The van der Waals surface area contributed by atoms with Gasteiger partial charge in [-0.1, -0.05) is 13.3 Å². The molecule has 0 aromatic heterocycles. The summed E-state index contributed by atoms with van der Waals surface area (Å²) in [5.74, 6) is 0.752. The lowest BCUT2D eigenvalue weighted by atomic mass is 10.2. The van der Waals surface area contributed by atoms with E-state index in [9.17, 15) is 0 Å². The minimum Gasteiger partial charge on any atom is -0.300 e. The van der Waals surface area contributed by atoms with Gasteiger partial charge in [0.2, 0.25) is 0 Å². The van der Waals surface area contributed by atoms with E-state index in [-0.39, 0.29) is 0 Å². The van der Waals surface area contributed by atoms with Crippen molar-refractivity contribution in [2.75, 3.05) is 19.0 Å². The van der Waals surface area contributed by atoms with Crippen molar-refractivity contribution in [3.05, 3.63) is 0 Å². The minimum absolute atomic E-state index is 0.639. The highest BCUT2D eigenvalue weighted by molar-refractivity contribution is 6.18. The van der Waals surface area contributed by atoms with Gasteiger partial charge in [0.15, 0.2) is 0 Å². The van der Waals surface area contributed by atoms with Gasteiger partial charge in [-0.25, -0.2) is 0 Å². The Bertz CT molecular complexity index is 83.6. The van der Waals surface area contributed by atoms with E-state index < -0.39 is 0 Å². The van der Waals surface area contributed by atoms with Gasteiger partial charge in [-0.15, -0.1) is 11.6 Å². The van der Waals surface area contributed by atoms with Crippen LogP contribution < -0.4 is 0 Å². The van der Waals surface area contributed by atoms with Crippen LogP contribution in [0.15, 0.2) is 0 Å². The van der Waals surface area contributed by atoms with Gasteiger partial charge in [0.25, 0.3) is 0 Å². The Hall–Kier alpha value is 0.250. The summed E-state index contributed by atoms with van der Waals surface area (Å²) in [6.45, 7) is 8.89. The van der Waals surface area contributed by atoms with Crippen LogP contribution in [-0.4, -0.2) is 29.9 Å². The molecule has 0 atom stereocenters. The van der Waals surface area contributed by atoms with Crippen molar-refractivity contribution >= 4 is 11.6 Å². The van der Waals surface area contributed by atoms with Crippen molar-refractivity contribution in [2.24, 2.45) is 0 Å². The Labute approximate surface area is 75.7 Å². The molecule has 0 spiro atoms. The van der Waals surface area contributed by atoms with Crippen LogP contribution in [0.25, 0.3) is 0 Å². The Morgan fingerprint density at radius 2 is 1.91 bits per heavy atom. The molecule has 11 heavy (non-hydrogen) atoms. The van der Waals surface area contributed by atoms with Crippen molar-refractivity contribution in [2.45, 2.75) is 39.7 Å². The minimum atomic E-state index is 0.639. The molecular weight excluding hydrogens is 158 g/mol. The number of nitrogens with zero attached hydrogens (tertiary/aromatic N) is 1. The standard InChI is InChI=1S/C9H20ClN/c1-4-5-7-11(8-6-10)9(2)3/h9H,4-8H2,1-3H3. The summed E-state index contributed by atoms with van der Waals surface area (Å²) in [5, 5.41) is 0. The highest BCUT2D eigenvalue weighted by Gasteiger charge is 2.06. The maximum Gasteiger partial charge on any atom is 0.0351 e. The van der Waals surface area contributed by atoms with Gasteiger partial charge < -0.3 is 0 Å². The van der Waals surface area contributed by atoms with E-state index in [0.717, 1.165) is 12.4 Å². The van der Waals surface area contributed by atoms with E-state index in [4.69, 9.17) is 11.6 Å². The number of hydrogen-bond donors (Lipinski definition) is 0. The quantitative estimate of drug-likeness (QED) is 0.564. The van der Waals surface area contributed by atoms with Crippen molar-refractivity contribution in [1.82, 2.24) is 4.90 Å². The summed E-state index contributed by atoms with van der Waals surface area (Å²) in [6.07, 6.45) is 2.56. The molecule has 0 rings (SSSR count). The molecule has 0 fully saturated rings. The lowest BCUT2D eigenvalue weighted by molar-refractivity contribution is 0.231. The van der Waals surface area contributed by atoms with Crippen LogP contribution in [0.5, 0.6) is 0 Å². The largest absolute Gasteiger partial charge is 0.300 e. The van der Waals surface area contributed by atoms with E-state index in [2.05, 4.69) is 25.7 Å². The molecule has 0 aliphatic carbocycles. The topological polar surface area (TPSA) is 3.24 Å². The van der Waals surface area contributed by atoms with E-state index in [1.807, 2.05) is 0 Å². The van der Waals surface area contributed by atoms with Gasteiger partial charge >= 0.3 is 0 Å². The van der Waals surface area contributed by atoms with Gasteiger partial charge in [-0.3, -0.25) is 4.90 Å². The van der Waals surface area contributed by atoms with Crippen molar-refractivity contribution < 1.29 is 0 Å². The van der Waals surface area contributed by atoms with E-state index in [1.165, 1.54) is 19.4 Å². The zero-order chi connectivity index (χ0) is 8.69. The summed E-state index contributed by atoms with van der Waals surface area (Å²) in [6, 6.07) is 0.639. The van der Waals surface area contributed by atoms with Crippen molar-refractivity contribution in [1.29, 1.82) is 0 Å². The van der Waals surface area contributed by atoms with Crippen LogP contribution in [0.3, 0.4) is 0 Å². The van der Waals surface area contributed by atoms with Crippen molar-refractivity contribution in [3.63, 3.8) is 0 Å². The molecule has 0 aromatic carbocycles. The number of hydrogen-bond acceptors (Lipinski definition) is 1. The second-order valence-corrected chi connectivity index (χ2v) is 3.55. The molecule has 68 valence electrons. The number of unbranched alkanes of at least 4 members (excludes halogenated alkanes) is 1. The molecule has 0 heterocycles. The molecule has 0 radical (unpaired) electrons. The highest BCUT2D eigenvalue weighted by Crippen LogP contribution is 2.01. The first-order chi connectivity index (χ1) is 5.22. The lowest BCUT2D eigenvalue weighted by Gasteiger charge is -2.24. The molecule has 0 unspecified atom stereocenters. The Kier molecular flexibility index (Phi) is 7.09. The molecule has 0 bridgehead atoms. The second kappa shape index (κ2) is 6.93. The molecule has 1 nitrogen and oxygen atoms in total. The monoisotopic (exact) mass is 177 g/mol. The first-order valence-corrected chi connectivity index (χ1v) is 5.05. The van der Waals surface area contributed by atoms with Crippen LogP contribution in [0, 0.1) is 0 Å². The zero-order valence-corrected chi connectivity index (χ0v) is 8.69. The average molecular weight is 178 g/mol. The van der Waals surface area contributed by atoms with E-state index >= 15 is 0 Å². The molecule has 0 saturated heterocycles. The normalized spacial score (nSPS) is 11.5. The lowest BCUT2D eigenvalue weighted by Crippen LogP contribution is -2.33. The number of alkyl halides is 1. The summed E-state index contributed by atoms with van der Waals surface area (Å²) < 4.78 is 0. The van der Waals surface area contributed by atoms with E-state index in [1.54, 1.807) is 0 Å². The third-order valence-corrected chi connectivity index (χ3v) is 2.07. The SMILES string of the molecule is CCCCN(CCCl)C(C)C. The predicted octanol–water partition coefficient (Wildman–Crippen LogP) is 2.74. The van der Waals surface area contributed by atoms with Gasteiger partial charge in [-0.2, -0.15) is 0 Å². The Morgan fingerprint density at radius 3 is 2.27 bits per heavy atom. The first-order valence-electron chi connectivity index (χ1n) is 4.52. The average Bonchev–Trinajstić information content (AvgIpc) is 1.97. The second-order valence-electron chi connectivity index (χ2n) is 3.17. The van der Waals surface area contributed by atoms with Crippen LogP contribution >= 0.6 is 11.6 Å². The molecular formula is C9H20ClN. The van der Waals surface area contributed by atoms with Crippen LogP contribution in [0.4, 0.5) is 0 Å². The van der Waals surface area contributed by atoms with Gasteiger partial charge in [-0.05, 0) is 26.8 Å². The Balaban J connectivity index is 3.51. The molecule has 0 aliphatic heterocycles. The maximum atomic E-state index is 5.68. The predicted molar refractivity (Wildman–Crippen MR) is 52.3 cm³/mol. The zero-order valence-electron chi connectivity index (χ0n) is 7.94. The fourth-order valence-corrected chi connectivity index (χ4v) is 1.32. The third kappa shape index (κ3) is 5.51. The Morgan fingerprint density at radius 1 is 1.27 bits per heavy atom. The van der Waals surface area contributed by atoms with Crippen LogP contribution in [-0.2, 0) is 0 Å². The van der Waals surface area contributed by atoms with Gasteiger partial charge in [0, 0.05) is 18.5 Å². The number of rotatable bonds is 6. The fraction of sp³-hybridized carbons (Fsp3) is 1.00. The summed E-state index contributed by atoms with van der Waals surface area (Å²) in [4.78, 5) is 2.43. The summed E-state index contributed by atoms with van der Waals surface area (Å²) in [5.41, 5.74) is 0. The molecule has 0 N–H and O–H groups in total. The van der Waals surface area contributed by atoms with E-state index in [0.29, 0.717) is 6.04 Å². The number of halogens is 1. The van der Waals surface area contributed by atoms with Crippen LogP contribution in [0.1, 0.15) is 33.6 Å². The summed E-state index contributed by atoms with van der Waals surface area (Å²) >= 11 is 5.68. The molecule has 0 amide bonds. The summed E-state index contributed by atoms with van der Waals surface area (Å²) in [7, 11) is 0. The molecule has 2 heteroatoms. The van der Waals surface area contributed by atoms with Gasteiger partial charge in [0.05, 0.1) is 0 Å². The third-order valence-electron chi connectivity index (χ3n) is 1.90. The molecule has 0 aromatic rings. The van der Waals surface area contributed by atoms with Crippen LogP contribution in [0.2, 0.25) is 0 Å². The maximum absolute atomic E-state index is 5.68. The van der Waals surface area contributed by atoms with Crippen molar-refractivity contribution in [3.8, 4) is 0 Å².